The number of alkyl halides is 1. The largest absolute Gasteiger partial charge is 1.00 e. The number of aromatic amines is 2. The first kappa shape index (κ1) is 29.8. The first-order valence-electron chi connectivity index (χ1n) is 34.6. The van der Waals surface area contributed by atoms with Crippen molar-refractivity contribution in [1.82, 2.24) is 20.2 Å². The normalized spacial score (nSPS) is 21.1. The number of ether oxygens (including phenoxy) is 2. The smallest absolute Gasteiger partial charge is 1.00 e. The molecular formula is C51H58BrClK2N6O7S2. The van der Waals surface area contributed by atoms with Crippen LogP contribution in [0.25, 0.3) is 42.0 Å². The predicted molar refractivity (Wildman–Crippen MR) is 285 cm³/mol. The minimum atomic E-state index is -3.79. The number of hydrogen-bond acceptors (Lipinski definition) is 13. The van der Waals surface area contributed by atoms with Gasteiger partial charge >= 0.3 is 103 Å². The van der Waals surface area contributed by atoms with Crippen LogP contribution in [0.3, 0.4) is 0 Å². The molecule has 0 aliphatic carbocycles. The van der Waals surface area contributed by atoms with Crippen molar-refractivity contribution in [3.05, 3.63) is 140 Å². The zero-order valence-corrected chi connectivity index (χ0v) is 47.3. The van der Waals surface area contributed by atoms with E-state index < -0.39 is 155 Å². The SMILES string of the molecule is Cl.O=CO[O-].[2H]c1c(OC([2H])([2H])C([2H])([2H])C([2H])([2H])C([2H])([2H])Br)c([2H])c2[nH]c(=O)c([2H])c([2H])c2c1[2H].[2H]c1cc([2H])c2sccc2c1N1CCN(C([2H])([2H])C([2H])([2H])C([2H])([2H])C([2H])([2H])Oc2c([2H])c([2H])c3c([2H])c([2H])c(=O)[nH]c3c2[2H])CC1.[2H]c1cc([2H])c2sccc2c1N1CCNCC1.[H-].[K+].[K+]. The van der Waals surface area contributed by atoms with Crippen molar-refractivity contribution in [2.45, 2.75) is 25.5 Å². The van der Waals surface area contributed by atoms with E-state index in [0.717, 1.165) is 46.9 Å². The van der Waals surface area contributed by atoms with Crippen molar-refractivity contribution >= 4 is 111 Å². The number of halogens is 2. The summed E-state index contributed by atoms with van der Waals surface area (Å²) in [7, 11) is 0. The Hall–Kier alpha value is -2.19. The molecule has 2 aliphatic heterocycles. The van der Waals surface area contributed by atoms with E-state index in [-0.39, 0.29) is 161 Å². The summed E-state index contributed by atoms with van der Waals surface area (Å²) >= 11 is 5.26. The second-order valence-corrected chi connectivity index (χ2v) is 15.5. The van der Waals surface area contributed by atoms with Crippen LogP contribution >= 0.6 is 51.0 Å². The van der Waals surface area contributed by atoms with Crippen molar-refractivity contribution < 1.29 is 170 Å². The van der Waals surface area contributed by atoms with Crippen LogP contribution < -0.4 is 144 Å². The van der Waals surface area contributed by atoms with Crippen molar-refractivity contribution in [1.29, 1.82) is 0 Å². The van der Waals surface area contributed by atoms with Crippen molar-refractivity contribution in [3.8, 4) is 11.5 Å². The van der Waals surface area contributed by atoms with Gasteiger partial charge in [-0.2, -0.15) is 0 Å². The molecule has 4 aromatic heterocycles. The zero-order valence-electron chi connectivity index (χ0n) is 68.0. The molecule has 13 nitrogen and oxygen atoms in total. The number of fused-ring (bicyclic) bond motifs is 4. The van der Waals surface area contributed by atoms with Crippen LogP contribution in [-0.4, -0.2) is 98.6 Å². The minimum Gasteiger partial charge on any atom is -1.00 e. The first-order valence-corrected chi connectivity index (χ1v) is 22.2. The number of rotatable bonds is 14. The predicted octanol–water partition coefficient (Wildman–Crippen LogP) is 3.09. The number of hydrogen-bond donors (Lipinski definition) is 3. The monoisotopic (exact) mass is 1150 g/mol. The molecule has 0 unspecified atom stereocenters. The molecule has 362 valence electrons. The number of piperazine rings is 2. The Morgan fingerprint density at radius 2 is 1.16 bits per heavy atom. The number of benzene rings is 4. The van der Waals surface area contributed by atoms with Gasteiger partial charge in [0.15, 0.2) is 0 Å². The second kappa shape index (κ2) is 32.9. The third-order valence-corrected chi connectivity index (χ3v) is 11.1. The van der Waals surface area contributed by atoms with Crippen LogP contribution in [0, 0.1) is 0 Å². The molecule has 0 atom stereocenters. The molecule has 70 heavy (non-hydrogen) atoms. The Kier molecular flexibility index (Phi) is 14.0. The van der Waals surface area contributed by atoms with Gasteiger partial charge in [0.05, 0.1) is 48.8 Å². The van der Waals surface area contributed by atoms with E-state index in [2.05, 4.69) is 41.0 Å². The number of nitrogens with zero attached hydrogens (tertiary/aromatic N) is 3. The third-order valence-electron chi connectivity index (χ3n) is 9.19. The number of carbonyl (C=O) groups excluding carboxylic acids is 1. The van der Waals surface area contributed by atoms with Gasteiger partial charge in [-0.3, -0.25) is 19.3 Å². The van der Waals surface area contributed by atoms with Crippen LogP contribution in [0.5, 0.6) is 11.5 Å². The van der Waals surface area contributed by atoms with Crippen molar-refractivity contribution in [2.75, 3.05) is 87.1 Å². The molecule has 0 spiro atoms. The van der Waals surface area contributed by atoms with Gasteiger partial charge in [0.1, 0.15) is 11.5 Å². The van der Waals surface area contributed by atoms with Crippen LogP contribution in [0.15, 0.2) is 129 Å². The Morgan fingerprint density at radius 1 is 0.686 bits per heavy atom. The third kappa shape index (κ3) is 18.3. The van der Waals surface area contributed by atoms with Crippen LogP contribution in [0.1, 0.15) is 68.0 Å². The Morgan fingerprint density at radius 3 is 1.64 bits per heavy atom. The number of carbonyl (C=O) groups is 1. The fourth-order valence-corrected chi connectivity index (χ4v) is 7.90. The number of aromatic nitrogens is 2. The maximum Gasteiger partial charge on any atom is 1.00 e. The van der Waals surface area contributed by atoms with E-state index in [1.165, 1.54) is 17.4 Å². The van der Waals surface area contributed by atoms with Crippen LogP contribution in [0.2, 0.25) is 0 Å². The molecule has 10 rings (SSSR count). The molecule has 0 saturated carbocycles. The number of pyridine rings is 2. The van der Waals surface area contributed by atoms with E-state index in [4.69, 9.17) is 60.6 Å². The summed E-state index contributed by atoms with van der Waals surface area (Å²) < 4.78 is 254. The van der Waals surface area contributed by atoms with Gasteiger partial charge in [0, 0.05) is 130 Å². The summed E-state index contributed by atoms with van der Waals surface area (Å²) in [6.45, 7) is -6.96. The zero-order chi connectivity index (χ0) is 73.2. The van der Waals surface area contributed by atoms with Crippen LogP contribution in [0.4, 0.5) is 11.4 Å². The number of H-pyrrole nitrogens is 2. The molecule has 6 heterocycles. The van der Waals surface area contributed by atoms with E-state index >= 15 is 0 Å². The van der Waals surface area contributed by atoms with Gasteiger partial charge in [-0.05, 0) is 126 Å². The molecule has 2 fully saturated rings. The molecule has 0 radical (unpaired) electrons. The van der Waals surface area contributed by atoms with Gasteiger partial charge in [0.2, 0.25) is 11.1 Å². The molecule has 8 aromatic rings. The average molecular weight is 1150 g/mol. The Labute approximate surface area is 559 Å². The van der Waals surface area contributed by atoms with Gasteiger partial charge < -0.3 is 46.1 Å². The molecule has 4 aromatic carbocycles. The van der Waals surface area contributed by atoms with Gasteiger partial charge in [-0.25, -0.2) is 0 Å². The fourth-order valence-electron chi connectivity index (χ4n) is 6.28. The molecule has 0 amide bonds. The molecule has 2 saturated heterocycles. The van der Waals surface area contributed by atoms with Crippen molar-refractivity contribution in [2.24, 2.45) is 0 Å². The number of nitrogens with one attached hydrogen (secondary N) is 3. The maximum atomic E-state index is 12.1. The van der Waals surface area contributed by atoms with Gasteiger partial charge in [-0.1, -0.05) is 28.1 Å². The minimum absolute atomic E-state index is 0. The van der Waals surface area contributed by atoms with Crippen LogP contribution in [-0.2, 0) is 9.68 Å². The Balaban J connectivity index is 0.000000413. The Bertz CT molecular complexity index is 4470. The summed E-state index contributed by atoms with van der Waals surface area (Å²) in [4.78, 5) is 44.4. The van der Waals surface area contributed by atoms with Crippen molar-refractivity contribution in [3.63, 3.8) is 0 Å². The van der Waals surface area contributed by atoms with E-state index in [0.29, 0.717) is 27.9 Å². The number of anilines is 2. The molecule has 19 heteroatoms. The summed E-state index contributed by atoms with van der Waals surface area (Å²) in [6, 6.07) is -0.380. The standard InChI is InChI=1S/C25H27N3O2S.C13H14BrNO2.C12H14N2S.CH2O3.ClH.2K.H/c29-25-9-7-19-6-8-20(18-22(19)26-25)30-16-2-1-11-27-12-14-28(15-13-27)23-4-3-5-24-21(23)10-17-31-24;14-7-1-2-8-17-11-5-3-10-4-6-13(16)15-12(10)9-11;1-2-11(14-7-5-13-6-8-14)10-4-9-15-12(10)3-1;2-1-4-3;;;;/h3-10,17-18H,1-2,11-16H2,(H,26,29);3-6,9H,1-2,7-8H2,(H,15,16);1-4,9,13H,5-8H2;1,3H;1H;;;/q;;;;;2*+1;-1/p-1/i1D2,2D2,4D,5D,6D,7D,8D,9D,11D2,16D2,18D;1D2,2D2,3D,4D,5D,6D,7D2,8D2,9D;2D,3D;;;;;. The van der Waals surface area contributed by atoms with E-state index in [1.54, 1.807) is 33.7 Å². The molecular weight excluding hydrogens is 1070 g/mol. The van der Waals surface area contributed by atoms with Gasteiger partial charge in [0.25, 0.3) is 6.47 Å². The quantitative estimate of drug-likeness (QED) is 0.0484. The van der Waals surface area contributed by atoms with Gasteiger partial charge in [-0.15, -0.1) is 35.1 Å². The maximum absolute atomic E-state index is 12.1. The fraction of sp³-hybridized carbons (Fsp3) is 0.314. The topological polar surface area (TPSA) is 155 Å². The first-order chi connectivity index (χ1) is 44.6. The summed E-state index contributed by atoms with van der Waals surface area (Å²) in [5, 5.41) is 13.4. The molecule has 0 bridgehead atoms. The summed E-state index contributed by atoms with van der Waals surface area (Å²) in [6.07, 6.45) is -14.6. The summed E-state index contributed by atoms with van der Waals surface area (Å²) in [5.41, 5.74) is -1.72. The van der Waals surface area contributed by atoms with E-state index in [9.17, 15) is 9.59 Å². The number of thiophene rings is 2. The summed E-state index contributed by atoms with van der Waals surface area (Å²) in [5.74, 6) is -2.08. The van der Waals surface area contributed by atoms with E-state index in [1.807, 2.05) is 11.4 Å². The second-order valence-electron chi connectivity index (χ2n) is 13.2. The molecule has 3 N–H and O–H groups in total. The average Bonchev–Trinajstić information content (AvgIpc) is 0.955. The molecule has 2 aliphatic rings.